The molecule has 1 aliphatic rings. The van der Waals surface area contributed by atoms with Gasteiger partial charge in [0.2, 0.25) is 5.91 Å². The summed E-state index contributed by atoms with van der Waals surface area (Å²) in [6, 6.07) is -0.246. The molecule has 0 spiro atoms. The summed E-state index contributed by atoms with van der Waals surface area (Å²) in [5.74, 6) is 2.24. The predicted octanol–water partition coefficient (Wildman–Crippen LogP) is 1.34. The van der Waals surface area contributed by atoms with Crippen LogP contribution >= 0.6 is 11.8 Å². The molecule has 0 aromatic heterocycles. The van der Waals surface area contributed by atoms with Gasteiger partial charge in [0, 0.05) is 24.6 Å². The summed E-state index contributed by atoms with van der Waals surface area (Å²) in [6.45, 7) is 10.3. The monoisotopic (exact) mass is 288 g/mol. The first-order chi connectivity index (χ1) is 8.83. The van der Waals surface area contributed by atoms with Gasteiger partial charge in [0.1, 0.15) is 0 Å². The quantitative estimate of drug-likeness (QED) is 0.801. The molecule has 0 aromatic carbocycles. The van der Waals surface area contributed by atoms with Crippen LogP contribution in [0.1, 0.15) is 34.1 Å². The molecule has 1 amide bonds. The van der Waals surface area contributed by atoms with E-state index in [-0.39, 0.29) is 30.0 Å². The fourth-order valence-electron chi connectivity index (χ4n) is 2.35. The molecule has 1 heterocycles. The summed E-state index contributed by atoms with van der Waals surface area (Å²) in [6.07, 6.45) is 0.789. The Kier molecular flexibility index (Phi) is 6.63. The molecule has 4 nitrogen and oxygen atoms in total. The zero-order valence-corrected chi connectivity index (χ0v) is 13.4. The lowest BCUT2D eigenvalue weighted by atomic mass is 9.88. The van der Waals surface area contributed by atoms with Gasteiger partial charge in [0.25, 0.3) is 0 Å². The van der Waals surface area contributed by atoms with Gasteiger partial charge in [-0.25, -0.2) is 0 Å². The van der Waals surface area contributed by atoms with Crippen molar-refractivity contribution >= 4 is 17.7 Å². The molecule has 0 saturated carbocycles. The van der Waals surface area contributed by atoms with Crippen LogP contribution in [-0.2, 0) is 4.79 Å². The molecular weight excluding hydrogens is 260 g/mol. The van der Waals surface area contributed by atoms with Crippen LogP contribution in [0.2, 0.25) is 0 Å². The van der Waals surface area contributed by atoms with Gasteiger partial charge >= 0.3 is 0 Å². The van der Waals surface area contributed by atoms with E-state index in [1.165, 1.54) is 0 Å². The molecule has 0 aliphatic carbocycles. The molecule has 2 N–H and O–H groups in total. The third kappa shape index (κ3) is 6.15. The summed E-state index contributed by atoms with van der Waals surface area (Å²) in [5, 5.41) is 12.4. The maximum Gasteiger partial charge on any atom is 0.237 e. The molecule has 0 aromatic rings. The Labute approximate surface area is 121 Å². The summed E-state index contributed by atoms with van der Waals surface area (Å²) in [7, 11) is 0. The lowest BCUT2D eigenvalue weighted by molar-refractivity contribution is -0.127. The van der Waals surface area contributed by atoms with Crippen molar-refractivity contribution in [1.29, 1.82) is 0 Å². The van der Waals surface area contributed by atoms with Crippen LogP contribution in [0.4, 0.5) is 0 Å². The van der Waals surface area contributed by atoms with Crippen LogP contribution in [-0.4, -0.2) is 59.2 Å². The molecule has 1 fully saturated rings. The Morgan fingerprint density at radius 2 is 1.95 bits per heavy atom. The molecule has 1 rings (SSSR count). The Morgan fingerprint density at radius 3 is 2.42 bits per heavy atom. The average molecular weight is 288 g/mol. The van der Waals surface area contributed by atoms with Crippen LogP contribution in [0.5, 0.6) is 0 Å². The van der Waals surface area contributed by atoms with Crippen molar-refractivity contribution in [2.45, 2.75) is 46.2 Å². The number of carbonyl (C=O) groups is 1. The maximum absolute atomic E-state index is 12.2. The van der Waals surface area contributed by atoms with Crippen molar-refractivity contribution in [3.05, 3.63) is 0 Å². The number of nitrogens with zero attached hydrogens (tertiary/aromatic N) is 1. The molecule has 2 unspecified atom stereocenters. The number of rotatable bonds is 5. The minimum atomic E-state index is -0.144. The van der Waals surface area contributed by atoms with Crippen LogP contribution in [0, 0.1) is 5.41 Å². The zero-order valence-electron chi connectivity index (χ0n) is 12.6. The van der Waals surface area contributed by atoms with Crippen molar-refractivity contribution in [1.82, 2.24) is 10.2 Å². The Balaban J connectivity index is 2.46. The second-order valence-electron chi connectivity index (χ2n) is 6.48. The van der Waals surface area contributed by atoms with E-state index >= 15 is 0 Å². The molecule has 1 saturated heterocycles. The Morgan fingerprint density at radius 1 is 1.37 bits per heavy atom. The summed E-state index contributed by atoms with van der Waals surface area (Å²) in [5.41, 5.74) is 0.103. The van der Waals surface area contributed by atoms with Gasteiger partial charge in [-0.3, -0.25) is 9.69 Å². The van der Waals surface area contributed by atoms with Crippen molar-refractivity contribution in [2.75, 3.05) is 31.2 Å². The number of aliphatic hydroxyl groups is 1. The van der Waals surface area contributed by atoms with Crippen molar-refractivity contribution in [3.63, 3.8) is 0 Å². The smallest absolute Gasteiger partial charge is 0.237 e. The predicted molar refractivity (Wildman–Crippen MR) is 81.4 cm³/mol. The third-order valence-corrected chi connectivity index (χ3v) is 4.34. The molecule has 1 aliphatic heterocycles. The largest absolute Gasteiger partial charge is 0.394 e. The first kappa shape index (κ1) is 16.8. The third-order valence-electron chi connectivity index (χ3n) is 3.40. The Hall–Kier alpha value is -0.260. The van der Waals surface area contributed by atoms with Gasteiger partial charge in [-0.15, -0.1) is 0 Å². The minimum absolute atomic E-state index is 0.00554. The summed E-state index contributed by atoms with van der Waals surface area (Å²) < 4.78 is 0. The van der Waals surface area contributed by atoms with E-state index in [0.717, 1.165) is 31.0 Å². The average Bonchev–Trinajstić information content (AvgIpc) is 2.36. The van der Waals surface area contributed by atoms with Gasteiger partial charge in [-0.2, -0.15) is 11.8 Å². The van der Waals surface area contributed by atoms with Gasteiger partial charge in [0.05, 0.1) is 18.7 Å². The highest BCUT2D eigenvalue weighted by Crippen LogP contribution is 2.21. The number of amides is 1. The molecule has 19 heavy (non-hydrogen) atoms. The first-order valence-corrected chi connectivity index (χ1v) is 8.22. The number of hydrogen-bond donors (Lipinski definition) is 2. The van der Waals surface area contributed by atoms with Crippen LogP contribution in [0.3, 0.4) is 0 Å². The number of aliphatic hydroxyl groups excluding tert-OH is 1. The van der Waals surface area contributed by atoms with E-state index in [1.54, 1.807) is 0 Å². The van der Waals surface area contributed by atoms with Crippen molar-refractivity contribution in [2.24, 2.45) is 5.41 Å². The lowest BCUT2D eigenvalue weighted by Crippen LogP contribution is -2.51. The van der Waals surface area contributed by atoms with Crippen LogP contribution < -0.4 is 5.32 Å². The molecule has 5 heteroatoms. The molecule has 2 atom stereocenters. The van der Waals surface area contributed by atoms with E-state index in [4.69, 9.17) is 0 Å². The summed E-state index contributed by atoms with van der Waals surface area (Å²) in [4.78, 5) is 14.4. The topological polar surface area (TPSA) is 52.6 Å². The van der Waals surface area contributed by atoms with E-state index in [9.17, 15) is 9.90 Å². The highest BCUT2D eigenvalue weighted by atomic mass is 32.2. The van der Waals surface area contributed by atoms with E-state index in [2.05, 4.69) is 31.0 Å². The van der Waals surface area contributed by atoms with E-state index in [1.807, 2.05) is 18.7 Å². The number of thioether (sulfide) groups is 1. The van der Waals surface area contributed by atoms with E-state index < -0.39 is 0 Å². The second kappa shape index (κ2) is 7.50. The minimum Gasteiger partial charge on any atom is -0.394 e. The molecule has 0 radical (unpaired) electrons. The molecule has 0 bridgehead atoms. The fourth-order valence-corrected chi connectivity index (χ4v) is 3.28. The maximum atomic E-state index is 12.2. The lowest BCUT2D eigenvalue weighted by Gasteiger charge is -2.33. The van der Waals surface area contributed by atoms with Crippen molar-refractivity contribution < 1.29 is 9.90 Å². The van der Waals surface area contributed by atoms with Crippen LogP contribution in [0.25, 0.3) is 0 Å². The summed E-state index contributed by atoms with van der Waals surface area (Å²) >= 11 is 1.94. The highest BCUT2D eigenvalue weighted by molar-refractivity contribution is 7.99. The number of hydrogen-bond acceptors (Lipinski definition) is 4. The Bertz CT molecular complexity index is 286. The van der Waals surface area contributed by atoms with Crippen LogP contribution in [0.15, 0.2) is 0 Å². The van der Waals surface area contributed by atoms with Gasteiger partial charge in [-0.1, -0.05) is 20.8 Å². The van der Waals surface area contributed by atoms with Gasteiger partial charge in [0.15, 0.2) is 0 Å². The molecular formula is C14H28N2O2S. The normalized spacial score (nSPS) is 20.9. The van der Waals surface area contributed by atoms with Gasteiger partial charge < -0.3 is 10.4 Å². The van der Waals surface area contributed by atoms with Crippen molar-refractivity contribution in [3.8, 4) is 0 Å². The highest BCUT2D eigenvalue weighted by Gasteiger charge is 2.26. The first-order valence-electron chi connectivity index (χ1n) is 7.06. The second-order valence-corrected chi connectivity index (χ2v) is 7.70. The number of nitrogens with one attached hydrogen (secondary N) is 1. The standard InChI is InChI=1S/C14H28N2O2S/c1-11(16-5-7-19-8-6-16)13(18)15-12(10-17)9-14(2,3)4/h11-12,17H,5-10H2,1-4H3,(H,15,18). The van der Waals surface area contributed by atoms with E-state index in [0.29, 0.717) is 0 Å². The zero-order chi connectivity index (χ0) is 14.5. The molecule has 112 valence electrons. The number of carbonyl (C=O) groups excluding carboxylic acids is 1. The van der Waals surface area contributed by atoms with Gasteiger partial charge in [-0.05, 0) is 18.8 Å². The SMILES string of the molecule is CC(C(=O)NC(CO)CC(C)(C)C)N1CCSCC1. The fraction of sp³-hybridized carbons (Fsp3) is 0.929.